The summed E-state index contributed by atoms with van der Waals surface area (Å²) < 4.78 is 5.01. The Bertz CT molecular complexity index is 358. The normalized spacial score (nSPS) is 42.7. The molecule has 0 aromatic rings. The molecule has 0 aromatic carbocycles. The molecule has 2 rings (SSSR count). The number of ether oxygens (including phenoxy) is 1. The van der Waals surface area contributed by atoms with E-state index in [2.05, 4.69) is 21.2 Å². The fourth-order valence-corrected chi connectivity index (χ4v) is 2.73. The van der Waals surface area contributed by atoms with Crippen LogP contribution in [0.15, 0.2) is 0 Å². The Balaban J connectivity index is 2.38. The van der Waals surface area contributed by atoms with Crippen LogP contribution in [0.4, 0.5) is 0 Å². The maximum Gasteiger partial charge on any atom is 0.344 e. The van der Waals surface area contributed by atoms with Crippen LogP contribution in [0.5, 0.6) is 0 Å². The zero-order valence-electron chi connectivity index (χ0n) is 8.08. The maximum absolute atomic E-state index is 11.6. The van der Waals surface area contributed by atoms with Gasteiger partial charge in [0.05, 0.1) is 5.92 Å². The lowest BCUT2D eigenvalue weighted by atomic mass is 9.72. The van der Waals surface area contributed by atoms with Gasteiger partial charge in [-0.2, -0.15) is 0 Å². The number of fused-ring (bicyclic) bond motifs is 1. The highest BCUT2D eigenvalue weighted by Crippen LogP contribution is 2.48. The Labute approximate surface area is 94.7 Å². The molecule has 6 heteroatoms. The Morgan fingerprint density at radius 1 is 1.60 bits per heavy atom. The van der Waals surface area contributed by atoms with Crippen LogP contribution < -0.4 is 5.32 Å². The van der Waals surface area contributed by atoms with Crippen molar-refractivity contribution >= 4 is 34.1 Å². The number of aldehydes is 1. The monoisotopic (exact) mass is 275 g/mol. The average molecular weight is 276 g/mol. The molecule has 2 saturated heterocycles. The zero-order valence-corrected chi connectivity index (χ0v) is 9.67. The molecule has 3 unspecified atom stereocenters. The molecule has 0 bridgehead atoms. The van der Waals surface area contributed by atoms with Crippen molar-refractivity contribution in [1.29, 1.82) is 0 Å². The predicted octanol–water partition coefficient (Wildman–Crippen LogP) is -0.229. The van der Waals surface area contributed by atoms with Gasteiger partial charge in [0, 0.05) is 5.33 Å². The molecule has 2 aliphatic rings. The predicted molar refractivity (Wildman–Crippen MR) is 53.3 cm³/mol. The Morgan fingerprint density at radius 2 is 2.27 bits per heavy atom. The van der Waals surface area contributed by atoms with E-state index < -0.39 is 23.0 Å². The molecular formula is C9H10BrNO4. The van der Waals surface area contributed by atoms with Crippen molar-refractivity contribution in [3.63, 3.8) is 0 Å². The molecule has 1 amide bonds. The standard InChI is InChI=1S/C9H10BrNO4/c1-8-5(2-3-10)6(13)11-9(8,4-12)7(14)15-8/h4-5H,2-3H2,1H3,(H,11,13). The summed E-state index contributed by atoms with van der Waals surface area (Å²) in [4.78, 5) is 33.9. The van der Waals surface area contributed by atoms with Crippen LogP contribution >= 0.6 is 15.9 Å². The summed E-state index contributed by atoms with van der Waals surface area (Å²) in [6.07, 6.45) is 1.01. The Hall–Kier alpha value is -0.910. The molecule has 3 atom stereocenters. The first-order valence-electron chi connectivity index (χ1n) is 4.59. The van der Waals surface area contributed by atoms with E-state index in [0.717, 1.165) is 0 Å². The molecule has 0 radical (unpaired) electrons. The van der Waals surface area contributed by atoms with E-state index >= 15 is 0 Å². The quantitative estimate of drug-likeness (QED) is 0.334. The minimum Gasteiger partial charge on any atom is -0.453 e. The van der Waals surface area contributed by atoms with E-state index in [1.807, 2.05) is 0 Å². The Morgan fingerprint density at radius 3 is 2.67 bits per heavy atom. The second kappa shape index (κ2) is 3.04. The first kappa shape index (κ1) is 10.6. The number of rotatable bonds is 3. The molecule has 82 valence electrons. The summed E-state index contributed by atoms with van der Waals surface area (Å²) >= 11 is 3.23. The van der Waals surface area contributed by atoms with Crippen molar-refractivity contribution < 1.29 is 19.1 Å². The summed E-state index contributed by atoms with van der Waals surface area (Å²) in [5.74, 6) is -1.42. The van der Waals surface area contributed by atoms with Gasteiger partial charge in [-0.3, -0.25) is 9.59 Å². The van der Waals surface area contributed by atoms with E-state index in [-0.39, 0.29) is 5.91 Å². The first-order valence-corrected chi connectivity index (χ1v) is 5.72. The summed E-state index contributed by atoms with van der Waals surface area (Å²) in [6, 6.07) is 0. The number of hydrogen-bond acceptors (Lipinski definition) is 4. The van der Waals surface area contributed by atoms with Crippen LogP contribution in [0.25, 0.3) is 0 Å². The van der Waals surface area contributed by atoms with Crippen LogP contribution in [-0.4, -0.2) is 34.6 Å². The van der Waals surface area contributed by atoms with Gasteiger partial charge in [0.1, 0.15) is 0 Å². The second-order valence-electron chi connectivity index (χ2n) is 3.94. The lowest BCUT2D eigenvalue weighted by Crippen LogP contribution is -2.75. The number of halogens is 1. The summed E-state index contributed by atoms with van der Waals surface area (Å²) in [5.41, 5.74) is -2.46. The van der Waals surface area contributed by atoms with Crippen molar-refractivity contribution in [2.75, 3.05) is 5.33 Å². The third-order valence-corrected chi connectivity index (χ3v) is 3.74. The van der Waals surface area contributed by atoms with Gasteiger partial charge in [-0.25, -0.2) is 4.79 Å². The molecule has 0 spiro atoms. The lowest BCUT2D eigenvalue weighted by molar-refractivity contribution is -0.214. The SMILES string of the molecule is CC12OC(=O)C1(C=O)NC(=O)C2CCBr. The number of nitrogens with one attached hydrogen (secondary N) is 1. The third-order valence-electron chi connectivity index (χ3n) is 3.29. The van der Waals surface area contributed by atoms with Crippen molar-refractivity contribution in [3.05, 3.63) is 0 Å². The van der Waals surface area contributed by atoms with Gasteiger partial charge in [0.2, 0.25) is 11.4 Å². The van der Waals surface area contributed by atoms with Crippen molar-refractivity contribution in [2.24, 2.45) is 5.92 Å². The van der Waals surface area contributed by atoms with E-state index in [0.29, 0.717) is 18.0 Å². The number of hydrogen-bond donors (Lipinski definition) is 1. The van der Waals surface area contributed by atoms with Crippen LogP contribution in [0.2, 0.25) is 0 Å². The van der Waals surface area contributed by atoms with E-state index in [4.69, 9.17) is 4.74 Å². The fraction of sp³-hybridized carbons (Fsp3) is 0.667. The van der Waals surface area contributed by atoms with Gasteiger partial charge in [0.25, 0.3) is 0 Å². The fourth-order valence-electron chi connectivity index (χ4n) is 2.27. The smallest absolute Gasteiger partial charge is 0.344 e. The summed E-state index contributed by atoms with van der Waals surface area (Å²) in [7, 11) is 0. The number of carbonyl (C=O) groups is 3. The average Bonchev–Trinajstić information content (AvgIpc) is 2.36. The van der Waals surface area contributed by atoms with E-state index in [1.54, 1.807) is 6.92 Å². The maximum atomic E-state index is 11.6. The van der Waals surface area contributed by atoms with Crippen LogP contribution in [0.1, 0.15) is 13.3 Å². The minimum absolute atomic E-state index is 0.296. The molecule has 5 nitrogen and oxygen atoms in total. The van der Waals surface area contributed by atoms with E-state index in [1.165, 1.54) is 0 Å². The van der Waals surface area contributed by atoms with Gasteiger partial charge in [-0.1, -0.05) is 15.9 Å². The van der Waals surface area contributed by atoms with Crippen molar-refractivity contribution in [2.45, 2.75) is 24.5 Å². The molecule has 15 heavy (non-hydrogen) atoms. The molecule has 2 heterocycles. The molecular weight excluding hydrogens is 266 g/mol. The Kier molecular flexibility index (Phi) is 2.15. The largest absolute Gasteiger partial charge is 0.453 e. The number of esters is 1. The topological polar surface area (TPSA) is 72.5 Å². The van der Waals surface area contributed by atoms with Crippen molar-refractivity contribution in [1.82, 2.24) is 5.32 Å². The minimum atomic E-state index is -1.45. The molecule has 1 N–H and O–H groups in total. The van der Waals surface area contributed by atoms with Gasteiger partial charge >= 0.3 is 5.97 Å². The molecule has 0 aliphatic carbocycles. The van der Waals surface area contributed by atoms with Crippen LogP contribution in [-0.2, 0) is 19.1 Å². The number of amides is 1. The van der Waals surface area contributed by atoms with Gasteiger partial charge in [-0.05, 0) is 13.3 Å². The summed E-state index contributed by atoms with van der Waals surface area (Å²) in [6.45, 7) is 1.62. The highest BCUT2D eigenvalue weighted by Gasteiger charge is 2.76. The highest BCUT2D eigenvalue weighted by atomic mass is 79.9. The number of carbonyl (C=O) groups excluding carboxylic acids is 3. The zero-order chi connectivity index (χ0) is 11.3. The first-order chi connectivity index (χ1) is 7.02. The summed E-state index contributed by atoms with van der Waals surface area (Å²) in [5, 5.41) is 3.06. The third kappa shape index (κ3) is 1.00. The molecule has 0 saturated carbocycles. The van der Waals surface area contributed by atoms with E-state index in [9.17, 15) is 14.4 Å². The van der Waals surface area contributed by atoms with Gasteiger partial charge < -0.3 is 10.1 Å². The highest BCUT2D eigenvalue weighted by molar-refractivity contribution is 9.09. The van der Waals surface area contributed by atoms with Gasteiger partial charge in [-0.15, -0.1) is 0 Å². The molecule has 2 fully saturated rings. The molecule has 2 aliphatic heterocycles. The number of alkyl halides is 1. The second-order valence-corrected chi connectivity index (χ2v) is 4.73. The van der Waals surface area contributed by atoms with Crippen LogP contribution in [0, 0.1) is 5.92 Å². The molecule has 0 aromatic heterocycles. The van der Waals surface area contributed by atoms with Gasteiger partial charge in [0.15, 0.2) is 11.9 Å². The van der Waals surface area contributed by atoms with Crippen LogP contribution in [0.3, 0.4) is 0 Å². The lowest BCUT2D eigenvalue weighted by Gasteiger charge is -2.47. The van der Waals surface area contributed by atoms with Crippen molar-refractivity contribution in [3.8, 4) is 0 Å².